The zero-order valence-corrected chi connectivity index (χ0v) is 16.9. The van der Waals surface area contributed by atoms with Crippen LogP contribution in [-0.2, 0) is 11.2 Å². The fourth-order valence-electron chi connectivity index (χ4n) is 2.58. The molecule has 0 radical (unpaired) electrons. The Morgan fingerprint density at radius 1 is 1.07 bits per heavy atom. The molecule has 0 saturated carbocycles. The summed E-state index contributed by atoms with van der Waals surface area (Å²) >= 11 is 0. The molecule has 0 spiro atoms. The zero-order valence-electron chi connectivity index (χ0n) is 16.9. The third-order valence-electron chi connectivity index (χ3n) is 4.22. The van der Waals surface area contributed by atoms with Gasteiger partial charge in [-0.25, -0.2) is 4.79 Å². The van der Waals surface area contributed by atoms with Gasteiger partial charge in [0.2, 0.25) is 0 Å². The molecule has 2 aromatic rings. The number of halogens is 3. The zero-order chi connectivity index (χ0) is 21.9. The van der Waals surface area contributed by atoms with Crippen LogP contribution in [-0.4, -0.2) is 49.4 Å². The Hall–Kier alpha value is -2.54. The first-order chi connectivity index (χ1) is 13.6. The number of carboxylic acid groups (broad SMARTS) is 1. The van der Waals surface area contributed by atoms with Crippen LogP contribution in [0.25, 0.3) is 0 Å². The van der Waals surface area contributed by atoms with E-state index in [9.17, 15) is 13.2 Å². The van der Waals surface area contributed by atoms with Crippen molar-refractivity contribution in [2.45, 2.75) is 31.9 Å². The Balaban J connectivity index is 0.000000516. The SMILES string of the molecule is CCC(Cc1ccc(OCCN(C)C)cc1)c1ccccc1.O=C(O)C(F)(F)F. The van der Waals surface area contributed by atoms with Crippen molar-refractivity contribution in [3.63, 3.8) is 0 Å². The molecular weight excluding hydrogens is 383 g/mol. The molecule has 0 saturated heterocycles. The Morgan fingerprint density at radius 3 is 2.07 bits per heavy atom. The minimum Gasteiger partial charge on any atom is -0.492 e. The van der Waals surface area contributed by atoms with Gasteiger partial charge < -0.3 is 14.7 Å². The van der Waals surface area contributed by atoms with Crippen LogP contribution in [0, 0.1) is 0 Å². The van der Waals surface area contributed by atoms with Crippen LogP contribution in [0.15, 0.2) is 54.6 Å². The van der Waals surface area contributed by atoms with Gasteiger partial charge in [0.1, 0.15) is 12.4 Å². The summed E-state index contributed by atoms with van der Waals surface area (Å²) < 4.78 is 37.5. The number of alkyl halides is 3. The molecule has 0 fully saturated rings. The van der Waals surface area contributed by atoms with Crippen molar-refractivity contribution >= 4 is 5.97 Å². The van der Waals surface area contributed by atoms with Crippen LogP contribution < -0.4 is 4.74 Å². The summed E-state index contributed by atoms with van der Waals surface area (Å²) in [6, 6.07) is 19.3. The van der Waals surface area contributed by atoms with Gasteiger partial charge >= 0.3 is 12.1 Å². The number of ether oxygens (including phenoxy) is 1. The molecule has 1 N–H and O–H groups in total. The summed E-state index contributed by atoms with van der Waals surface area (Å²) in [6.45, 7) is 3.93. The maximum atomic E-state index is 10.6. The molecule has 160 valence electrons. The number of benzene rings is 2. The molecule has 0 heterocycles. The van der Waals surface area contributed by atoms with Gasteiger partial charge in [-0.3, -0.25) is 0 Å². The predicted octanol–water partition coefficient (Wildman–Crippen LogP) is 5.00. The second-order valence-corrected chi connectivity index (χ2v) is 6.82. The topological polar surface area (TPSA) is 49.8 Å². The highest BCUT2D eigenvalue weighted by atomic mass is 19.4. The lowest BCUT2D eigenvalue weighted by Gasteiger charge is -2.16. The number of carboxylic acids is 1. The largest absolute Gasteiger partial charge is 0.492 e. The van der Waals surface area contributed by atoms with Gasteiger partial charge in [0.05, 0.1) is 0 Å². The summed E-state index contributed by atoms with van der Waals surface area (Å²) in [5.74, 6) is -1.22. The van der Waals surface area contributed by atoms with E-state index < -0.39 is 12.1 Å². The van der Waals surface area contributed by atoms with E-state index >= 15 is 0 Å². The first-order valence-corrected chi connectivity index (χ1v) is 9.35. The van der Waals surface area contributed by atoms with Crippen LogP contribution in [0.2, 0.25) is 0 Å². The summed E-state index contributed by atoms with van der Waals surface area (Å²) in [6.07, 6.45) is -2.84. The molecule has 0 bridgehead atoms. The number of carbonyl (C=O) groups is 1. The Labute approximate surface area is 169 Å². The summed E-state index contributed by atoms with van der Waals surface area (Å²) in [7, 11) is 4.11. The monoisotopic (exact) mass is 411 g/mol. The maximum Gasteiger partial charge on any atom is 0.490 e. The lowest BCUT2D eigenvalue weighted by atomic mass is 9.90. The van der Waals surface area contributed by atoms with Gasteiger partial charge in [0.25, 0.3) is 0 Å². The normalized spacial score (nSPS) is 12.1. The van der Waals surface area contributed by atoms with Crippen LogP contribution in [0.1, 0.15) is 30.4 Å². The summed E-state index contributed by atoms with van der Waals surface area (Å²) in [4.78, 5) is 11.0. The lowest BCUT2D eigenvalue weighted by molar-refractivity contribution is -0.192. The molecule has 0 aliphatic rings. The van der Waals surface area contributed by atoms with Gasteiger partial charge in [0.15, 0.2) is 0 Å². The minimum absolute atomic E-state index is 0.585. The molecule has 0 amide bonds. The van der Waals surface area contributed by atoms with E-state index in [2.05, 4.69) is 80.5 Å². The van der Waals surface area contributed by atoms with Crippen molar-refractivity contribution in [2.75, 3.05) is 27.2 Å². The maximum absolute atomic E-state index is 10.6. The van der Waals surface area contributed by atoms with E-state index in [4.69, 9.17) is 14.6 Å². The molecule has 0 aliphatic carbocycles. The highest BCUT2D eigenvalue weighted by Gasteiger charge is 2.38. The van der Waals surface area contributed by atoms with Gasteiger partial charge in [-0.1, -0.05) is 49.4 Å². The Bertz CT molecular complexity index is 716. The fourth-order valence-corrected chi connectivity index (χ4v) is 2.58. The highest BCUT2D eigenvalue weighted by molar-refractivity contribution is 5.73. The van der Waals surface area contributed by atoms with Crippen LogP contribution in [0.5, 0.6) is 5.75 Å². The molecule has 2 rings (SSSR count). The number of rotatable bonds is 8. The standard InChI is InChI=1S/C20H27NO.C2HF3O2/c1-4-18(19-8-6-5-7-9-19)16-17-10-12-20(13-11-17)22-15-14-21(2)3;3-2(4,5)1(6)7/h5-13,18H,4,14-16H2,1-3H3;(H,6,7). The van der Waals surface area contributed by atoms with E-state index in [1.807, 2.05) is 0 Å². The first kappa shape index (κ1) is 24.5. The second kappa shape index (κ2) is 12.1. The number of aliphatic carboxylic acids is 1. The summed E-state index contributed by atoms with van der Waals surface area (Å²) in [5.41, 5.74) is 2.80. The lowest BCUT2D eigenvalue weighted by Crippen LogP contribution is -2.21. The van der Waals surface area contributed by atoms with Gasteiger partial charge in [-0.15, -0.1) is 0 Å². The van der Waals surface area contributed by atoms with E-state index in [1.165, 1.54) is 11.1 Å². The summed E-state index contributed by atoms with van der Waals surface area (Å²) in [5, 5.41) is 7.12. The molecule has 29 heavy (non-hydrogen) atoms. The molecule has 1 unspecified atom stereocenters. The van der Waals surface area contributed by atoms with Gasteiger partial charge in [0, 0.05) is 6.54 Å². The Morgan fingerprint density at radius 2 is 1.62 bits per heavy atom. The number of hydrogen-bond acceptors (Lipinski definition) is 3. The number of nitrogens with zero attached hydrogens (tertiary/aromatic N) is 1. The van der Waals surface area contributed by atoms with E-state index in [-0.39, 0.29) is 0 Å². The molecule has 2 aromatic carbocycles. The molecule has 1 atom stereocenters. The minimum atomic E-state index is -5.08. The molecule has 7 heteroatoms. The third kappa shape index (κ3) is 9.99. The van der Waals surface area contributed by atoms with Crippen molar-refractivity contribution in [3.8, 4) is 5.75 Å². The van der Waals surface area contributed by atoms with Crippen molar-refractivity contribution in [3.05, 3.63) is 65.7 Å². The van der Waals surface area contributed by atoms with Crippen molar-refractivity contribution < 1.29 is 27.8 Å². The van der Waals surface area contributed by atoms with Gasteiger partial charge in [-0.05, 0) is 56.1 Å². The molecule has 0 aromatic heterocycles. The fraction of sp³-hybridized carbons (Fsp3) is 0.409. The molecule has 0 aliphatic heterocycles. The van der Waals surface area contributed by atoms with Gasteiger partial charge in [-0.2, -0.15) is 13.2 Å². The number of likely N-dealkylation sites (N-methyl/N-ethyl adjacent to an activating group) is 1. The number of hydrogen-bond donors (Lipinski definition) is 1. The average molecular weight is 411 g/mol. The smallest absolute Gasteiger partial charge is 0.490 e. The highest BCUT2D eigenvalue weighted by Crippen LogP contribution is 2.25. The average Bonchev–Trinajstić information content (AvgIpc) is 2.67. The van der Waals surface area contributed by atoms with E-state index in [1.54, 1.807) is 0 Å². The first-order valence-electron chi connectivity index (χ1n) is 9.35. The van der Waals surface area contributed by atoms with Crippen molar-refractivity contribution in [1.82, 2.24) is 4.90 Å². The van der Waals surface area contributed by atoms with Crippen LogP contribution >= 0.6 is 0 Å². The van der Waals surface area contributed by atoms with E-state index in [0.29, 0.717) is 5.92 Å². The molecular formula is C22H28F3NO3. The van der Waals surface area contributed by atoms with Crippen molar-refractivity contribution in [2.24, 2.45) is 0 Å². The Kier molecular flexibility index (Phi) is 10.2. The quantitative estimate of drug-likeness (QED) is 0.664. The predicted molar refractivity (Wildman–Crippen MR) is 107 cm³/mol. The van der Waals surface area contributed by atoms with Crippen LogP contribution in [0.3, 0.4) is 0 Å². The third-order valence-corrected chi connectivity index (χ3v) is 4.22. The van der Waals surface area contributed by atoms with E-state index in [0.717, 1.165) is 31.7 Å². The second-order valence-electron chi connectivity index (χ2n) is 6.82. The van der Waals surface area contributed by atoms with Crippen LogP contribution in [0.4, 0.5) is 13.2 Å². The van der Waals surface area contributed by atoms with Crippen molar-refractivity contribution in [1.29, 1.82) is 0 Å². The molecule has 4 nitrogen and oxygen atoms in total.